The normalized spacial score (nSPS) is 17.8. The molecule has 1 aromatic rings. The Balaban J connectivity index is 2.26. The lowest BCUT2D eigenvalue weighted by Crippen LogP contribution is -2.54. The van der Waals surface area contributed by atoms with E-state index in [0.717, 1.165) is 37.9 Å². The number of rotatable bonds is 3. The van der Waals surface area contributed by atoms with Crippen molar-refractivity contribution in [2.45, 2.75) is 44.1 Å². The predicted molar refractivity (Wildman–Crippen MR) is 74.7 cm³/mol. The Hall–Kier alpha value is -1.69. The van der Waals surface area contributed by atoms with Gasteiger partial charge in [-0.05, 0) is 18.9 Å². The summed E-state index contributed by atoms with van der Waals surface area (Å²) >= 11 is 5.78. The maximum Gasteiger partial charge on any atom is 0.329 e. The highest BCUT2D eigenvalue weighted by Crippen LogP contribution is 2.28. The van der Waals surface area contributed by atoms with Crippen molar-refractivity contribution in [1.82, 2.24) is 10.3 Å². The van der Waals surface area contributed by atoms with Crippen LogP contribution in [-0.2, 0) is 4.79 Å². The Morgan fingerprint density at radius 2 is 1.90 bits per heavy atom. The molecule has 1 amide bonds. The SMILES string of the molecule is O=C(NC1(C(=O)O)CCCCCC1)c1cc(F)cnc1Cl. The van der Waals surface area contributed by atoms with Crippen molar-refractivity contribution in [1.29, 1.82) is 0 Å². The number of carboxylic acids is 1. The van der Waals surface area contributed by atoms with E-state index in [-0.39, 0.29) is 10.7 Å². The van der Waals surface area contributed by atoms with Gasteiger partial charge in [-0.25, -0.2) is 14.2 Å². The van der Waals surface area contributed by atoms with Gasteiger partial charge in [-0.2, -0.15) is 0 Å². The number of pyridine rings is 1. The molecule has 0 radical (unpaired) electrons. The minimum absolute atomic E-state index is 0.150. The molecule has 2 rings (SSSR count). The second kappa shape index (κ2) is 6.39. The van der Waals surface area contributed by atoms with Crippen LogP contribution in [0, 0.1) is 5.82 Å². The van der Waals surface area contributed by atoms with E-state index in [9.17, 15) is 19.1 Å². The molecular weight excluding hydrogens is 299 g/mol. The second-order valence-electron chi connectivity index (χ2n) is 5.25. The molecule has 1 saturated carbocycles. The van der Waals surface area contributed by atoms with Gasteiger partial charge in [-0.3, -0.25) is 4.79 Å². The second-order valence-corrected chi connectivity index (χ2v) is 5.61. The molecule has 114 valence electrons. The minimum atomic E-state index is -1.32. The summed E-state index contributed by atoms with van der Waals surface area (Å²) in [4.78, 5) is 27.4. The number of carboxylic acid groups (broad SMARTS) is 1. The molecule has 0 atom stereocenters. The van der Waals surface area contributed by atoms with Gasteiger partial charge in [0.15, 0.2) is 0 Å². The molecule has 0 aromatic carbocycles. The lowest BCUT2D eigenvalue weighted by molar-refractivity contribution is -0.145. The van der Waals surface area contributed by atoms with Crippen LogP contribution in [0.3, 0.4) is 0 Å². The van der Waals surface area contributed by atoms with Gasteiger partial charge in [0.1, 0.15) is 16.5 Å². The summed E-state index contributed by atoms with van der Waals surface area (Å²) in [6.45, 7) is 0. The first-order chi connectivity index (χ1) is 9.94. The monoisotopic (exact) mass is 314 g/mol. The third kappa shape index (κ3) is 3.50. The van der Waals surface area contributed by atoms with Crippen LogP contribution in [0.2, 0.25) is 5.15 Å². The summed E-state index contributed by atoms with van der Waals surface area (Å²) in [5, 5.41) is 11.9. The van der Waals surface area contributed by atoms with E-state index < -0.39 is 23.2 Å². The van der Waals surface area contributed by atoms with Crippen LogP contribution in [0.4, 0.5) is 4.39 Å². The number of amides is 1. The maximum atomic E-state index is 13.2. The molecule has 1 aliphatic carbocycles. The summed E-state index contributed by atoms with van der Waals surface area (Å²) in [6, 6.07) is 0.955. The van der Waals surface area contributed by atoms with Crippen molar-refractivity contribution >= 4 is 23.5 Å². The van der Waals surface area contributed by atoms with E-state index in [1.807, 2.05) is 0 Å². The molecule has 1 heterocycles. The van der Waals surface area contributed by atoms with Crippen molar-refractivity contribution < 1.29 is 19.1 Å². The molecule has 21 heavy (non-hydrogen) atoms. The van der Waals surface area contributed by atoms with Gasteiger partial charge >= 0.3 is 5.97 Å². The van der Waals surface area contributed by atoms with Crippen LogP contribution < -0.4 is 5.32 Å². The van der Waals surface area contributed by atoms with E-state index in [0.29, 0.717) is 12.8 Å². The summed E-state index contributed by atoms with van der Waals surface area (Å²) in [7, 11) is 0. The number of nitrogens with one attached hydrogen (secondary N) is 1. The van der Waals surface area contributed by atoms with Crippen LogP contribution in [0.15, 0.2) is 12.3 Å². The van der Waals surface area contributed by atoms with E-state index >= 15 is 0 Å². The highest BCUT2D eigenvalue weighted by molar-refractivity contribution is 6.32. The lowest BCUT2D eigenvalue weighted by Gasteiger charge is -2.29. The largest absolute Gasteiger partial charge is 0.480 e. The first kappa shape index (κ1) is 15.7. The Kier molecular flexibility index (Phi) is 4.77. The van der Waals surface area contributed by atoms with E-state index in [4.69, 9.17) is 11.6 Å². The predicted octanol–water partition coefficient (Wildman–Crippen LogP) is 2.78. The van der Waals surface area contributed by atoms with E-state index in [2.05, 4.69) is 10.3 Å². The number of carbonyl (C=O) groups is 2. The van der Waals surface area contributed by atoms with E-state index in [1.165, 1.54) is 0 Å². The molecule has 5 nitrogen and oxygen atoms in total. The smallest absolute Gasteiger partial charge is 0.329 e. The molecular formula is C14H16ClFN2O3. The number of halogens is 2. The average Bonchev–Trinajstić information content (AvgIpc) is 2.68. The Bertz CT molecular complexity index is 557. The average molecular weight is 315 g/mol. The third-order valence-electron chi connectivity index (χ3n) is 3.77. The van der Waals surface area contributed by atoms with Gasteiger partial charge in [0.2, 0.25) is 0 Å². The number of aliphatic carboxylic acids is 1. The molecule has 0 unspecified atom stereocenters. The topological polar surface area (TPSA) is 79.3 Å². The standard InChI is InChI=1S/C14H16ClFN2O3/c15-11-10(7-9(16)8-17-11)12(19)18-14(13(20)21)5-3-1-2-4-6-14/h7-8H,1-6H2,(H,18,19)(H,20,21). The number of carbonyl (C=O) groups excluding carboxylic acids is 1. The summed E-state index contributed by atoms with van der Waals surface area (Å²) in [5.41, 5.74) is -1.47. The fourth-order valence-electron chi connectivity index (χ4n) is 2.59. The van der Waals surface area contributed by atoms with Gasteiger partial charge in [0.05, 0.1) is 11.8 Å². The van der Waals surface area contributed by atoms with Gasteiger partial charge in [-0.15, -0.1) is 0 Å². The summed E-state index contributed by atoms with van der Waals surface area (Å²) < 4.78 is 13.2. The van der Waals surface area contributed by atoms with Crippen LogP contribution >= 0.6 is 11.6 Å². The first-order valence-corrected chi connectivity index (χ1v) is 7.19. The lowest BCUT2D eigenvalue weighted by atomic mass is 9.90. The fourth-order valence-corrected chi connectivity index (χ4v) is 2.78. The molecule has 0 bridgehead atoms. The van der Waals surface area contributed by atoms with Crippen LogP contribution in [-0.4, -0.2) is 27.5 Å². The number of nitrogens with zero attached hydrogens (tertiary/aromatic N) is 1. The van der Waals surface area contributed by atoms with Crippen molar-refractivity contribution in [3.05, 3.63) is 28.8 Å². The molecule has 7 heteroatoms. The quantitative estimate of drug-likeness (QED) is 0.664. The van der Waals surface area contributed by atoms with Gasteiger partial charge in [0.25, 0.3) is 5.91 Å². The highest BCUT2D eigenvalue weighted by atomic mass is 35.5. The maximum absolute atomic E-state index is 13.2. The number of hydrogen-bond donors (Lipinski definition) is 2. The van der Waals surface area contributed by atoms with Gasteiger partial charge < -0.3 is 10.4 Å². The Labute approximate surface area is 126 Å². The van der Waals surface area contributed by atoms with Crippen molar-refractivity contribution in [2.24, 2.45) is 0 Å². The summed E-state index contributed by atoms with van der Waals surface area (Å²) in [5.74, 6) is -2.48. The first-order valence-electron chi connectivity index (χ1n) is 6.81. The third-order valence-corrected chi connectivity index (χ3v) is 4.07. The molecule has 0 saturated heterocycles. The Morgan fingerprint density at radius 1 is 1.29 bits per heavy atom. The molecule has 1 fully saturated rings. The van der Waals surface area contributed by atoms with Gasteiger partial charge in [0, 0.05) is 0 Å². The fraction of sp³-hybridized carbons (Fsp3) is 0.500. The molecule has 1 aliphatic rings. The molecule has 0 aliphatic heterocycles. The molecule has 0 spiro atoms. The zero-order chi connectivity index (χ0) is 15.5. The number of hydrogen-bond acceptors (Lipinski definition) is 3. The molecule has 2 N–H and O–H groups in total. The van der Waals surface area contributed by atoms with Crippen molar-refractivity contribution in [2.75, 3.05) is 0 Å². The van der Waals surface area contributed by atoms with Crippen LogP contribution in [0.1, 0.15) is 48.9 Å². The summed E-state index contributed by atoms with van der Waals surface area (Å²) in [6.07, 6.45) is 4.93. The zero-order valence-electron chi connectivity index (χ0n) is 11.4. The number of aromatic nitrogens is 1. The zero-order valence-corrected chi connectivity index (χ0v) is 12.1. The van der Waals surface area contributed by atoms with E-state index in [1.54, 1.807) is 0 Å². The van der Waals surface area contributed by atoms with Crippen LogP contribution in [0.5, 0.6) is 0 Å². The van der Waals surface area contributed by atoms with Crippen molar-refractivity contribution in [3.8, 4) is 0 Å². The Morgan fingerprint density at radius 3 is 2.48 bits per heavy atom. The van der Waals surface area contributed by atoms with Gasteiger partial charge in [-0.1, -0.05) is 37.3 Å². The van der Waals surface area contributed by atoms with Crippen molar-refractivity contribution in [3.63, 3.8) is 0 Å². The van der Waals surface area contributed by atoms with Crippen LogP contribution in [0.25, 0.3) is 0 Å². The highest BCUT2D eigenvalue weighted by Gasteiger charge is 2.40. The minimum Gasteiger partial charge on any atom is -0.480 e. The molecule has 1 aromatic heterocycles.